The van der Waals surface area contributed by atoms with E-state index in [1.807, 2.05) is 25.1 Å². The monoisotopic (exact) mass is 258 g/mol. The summed E-state index contributed by atoms with van der Waals surface area (Å²) in [5.74, 6) is 0. The molecule has 18 heavy (non-hydrogen) atoms. The lowest BCUT2D eigenvalue weighted by molar-refractivity contribution is 0.781. The van der Waals surface area contributed by atoms with Crippen molar-refractivity contribution in [1.29, 1.82) is 0 Å². The third-order valence-corrected chi connectivity index (χ3v) is 4.00. The van der Waals surface area contributed by atoms with Gasteiger partial charge in [0.2, 0.25) is 0 Å². The van der Waals surface area contributed by atoms with E-state index in [2.05, 4.69) is 4.98 Å². The minimum Gasteiger partial charge on any atom is -0.268 e. The third kappa shape index (κ3) is 1.55. The van der Waals surface area contributed by atoms with Crippen LogP contribution in [-0.4, -0.2) is 9.55 Å². The van der Waals surface area contributed by atoms with Gasteiger partial charge >= 0.3 is 5.69 Å². The summed E-state index contributed by atoms with van der Waals surface area (Å²) in [6.07, 6.45) is 0. The zero-order valence-electron chi connectivity index (χ0n) is 9.93. The summed E-state index contributed by atoms with van der Waals surface area (Å²) in [6.45, 7) is 2.01. The summed E-state index contributed by atoms with van der Waals surface area (Å²) >= 11 is 1.38. The molecule has 2 heterocycles. The van der Waals surface area contributed by atoms with Crippen molar-refractivity contribution in [1.82, 2.24) is 9.55 Å². The highest BCUT2D eigenvalue weighted by atomic mass is 32.1. The predicted octanol–water partition coefficient (Wildman–Crippen LogP) is 1.77. The largest absolute Gasteiger partial charge is 0.351 e. The van der Waals surface area contributed by atoms with Crippen molar-refractivity contribution in [3.63, 3.8) is 0 Å². The van der Waals surface area contributed by atoms with Crippen molar-refractivity contribution in [2.75, 3.05) is 0 Å². The van der Waals surface area contributed by atoms with Gasteiger partial charge in [0.1, 0.15) is 5.01 Å². The van der Waals surface area contributed by atoms with Gasteiger partial charge in [-0.3, -0.25) is 9.36 Å². The smallest absolute Gasteiger partial charge is 0.268 e. The molecule has 1 aromatic carbocycles. The molecule has 5 heteroatoms. The summed E-state index contributed by atoms with van der Waals surface area (Å²) in [6, 6.07) is 7.81. The van der Waals surface area contributed by atoms with Crippen LogP contribution in [0.25, 0.3) is 20.7 Å². The molecule has 0 fully saturated rings. The maximum atomic E-state index is 12.0. The molecule has 0 atom stereocenters. The molecule has 1 aromatic rings. The van der Waals surface area contributed by atoms with Crippen molar-refractivity contribution >= 4 is 21.4 Å². The van der Waals surface area contributed by atoms with Crippen LogP contribution < -0.4 is 11.2 Å². The van der Waals surface area contributed by atoms with Crippen molar-refractivity contribution in [3.8, 4) is 10.6 Å². The van der Waals surface area contributed by atoms with E-state index in [4.69, 9.17) is 0 Å². The fourth-order valence-electron chi connectivity index (χ4n) is 1.89. The fraction of sp³-hybridized carbons (Fsp3) is 0.154. The third-order valence-electron chi connectivity index (χ3n) is 2.93. The molecule has 0 amide bonds. The number of aryl methyl sites for hydroxylation is 1. The Morgan fingerprint density at radius 3 is 2.78 bits per heavy atom. The lowest BCUT2D eigenvalue weighted by Crippen LogP contribution is -2.34. The second kappa shape index (κ2) is 3.74. The molecule has 0 radical (unpaired) electrons. The minimum atomic E-state index is -0.504. The van der Waals surface area contributed by atoms with Crippen LogP contribution in [0.3, 0.4) is 0 Å². The van der Waals surface area contributed by atoms with Crippen molar-refractivity contribution in [2.45, 2.75) is 6.92 Å². The van der Waals surface area contributed by atoms with Gasteiger partial charge in [-0.1, -0.05) is 12.1 Å². The number of hydrogen-bond donors (Lipinski definition) is 0. The lowest BCUT2D eigenvalue weighted by Gasteiger charge is -2.06. The molecule has 2 aliphatic rings. The maximum absolute atomic E-state index is 12.0. The van der Waals surface area contributed by atoms with Crippen LogP contribution in [0.2, 0.25) is 0 Å². The SMILES string of the molecule is Cc1ccc2cc3c(=O)n(C)c(=O)nc-3sc2c1. The Balaban J connectivity index is 2.54. The van der Waals surface area contributed by atoms with Gasteiger partial charge in [0.05, 0.1) is 5.56 Å². The zero-order valence-corrected chi connectivity index (χ0v) is 10.7. The Hall–Kier alpha value is -2.01. The zero-order chi connectivity index (χ0) is 12.9. The van der Waals surface area contributed by atoms with Gasteiger partial charge in [-0.15, -0.1) is 11.3 Å². The molecule has 3 rings (SSSR count). The number of rotatable bonds is 0. The van der Waals surface area contributed by atoms with E-state index in [1.165, 1.54) is 18.4 Å². The van der Waals surface area contributed by atoms with E-state index in [-0.39, 0.29) is 5.56 Å². The Morgan fingerprint density at radius 1 is 1.22 bits per heavy atom. The van der Waals surface area contributed by atoms with Crippen LogP contribution in [0.1, 0.15) is 5.56 Å². The average Bonchev–Trinajstić information content (AvgIpc) is 2.34. The number of aromatic nitrogens is 2. The molecule has 0 aliphatic carbocycles. The second-order valence-corrected chi connectivity index (χ2v) is 5.30. The van der Waals surface area contributed by atoms with Gasteiger partial charge in [0, 0.05) is 11.7 Å². The van der Waals surface area contributed by atoms with E-state index in [1.54, 1.807) is 6.07 Å². The molecule has 0 bridgehead atoms. The molecule has 2 aliphatic heterocycles. The Morgan fingerprint density at radius 2 is 2.00 bits per heavy atom. The highest BCUT2D eigenvalue weighted by Crippen LogP contribution is 2.29. The molecule has 0 unspecified atom stereocenters. The molecule has 0 saturated carbocycles. The summed E-state index contributed by atoms with van der Waals surface area (Å²) in [4.78, 5) is 27.4. The van der Waals surface area contributed by atoms with Crippen LogP contribution in [0.4, 0.5) is 0 Å². The van der Waals surface area contributed by atoms with Gasteiger partial charge in [0.15, 0.2) is 0 Å². The van der Waals surface area contributed by atoms with Crippen LogP contribution in [0, 0.1) is 6.92 Å². The van der Waals surface area contributed by atoms with E-state index in [0.717, 1.165) is 20.2 Å². The lowest BCUT2D eigenvalue weighted by atomic mass is 10.1. The summed E-state index contributed by atoms with van der Waals surface area (Å²) < 4.78 is 2.07. The van der Waals surface area contributed by atoms with Gasteiger partial charge < -0.3 is 0 Å². The van der Waals surface area contributed by atoms with E-state index >= 15 is 0 Å². The van der Waals surface area contributed by atoms with Crippen molar-refractivity contribution in [2.24, 2.45) is 7.05 Å². The Bertz CT molecular complexity index is 848. The topological polar surface area (TPSA) is 52.0 Å². The Labute approximate surface area is 107 Å². The molecule has 0 spiro atoms. The van der Waals surface area contributed by atoms with Gasteiger partial charge in [-0.2, -0.15) is 4.98 Å². The molecule has 0 N–H and O–H groups in total. The first-order valence-electron chi connectivity index (χ1n) is 5.47. The standard InChI is InChI=1S/C13H10N2O2S/c1-7-3-4-8-6-9-11(18-10(8)5-7)14-13(17)15(2)12(9)16/h3-6H,1-2H3. The van der Waals surface area contributed by atoms with Crippen LogP contribution in [0.5, 0.6) is 0 Å². The van der Waals surface area contributed by atoms with Gasteiger partial charge in [0.25, 0.3) is 5.56 Å². The first-order chi connectivity index (χ1) is 8.56. The van der Waals surface area contributed by atoms with E-state index in [9.17, 15) is 9.59 Å². The number of fused-ring (bicyclic) bond motifs is 2. The Kier molecular flexibility index (Phi) is 2.31. The van der Waals surface area contributed by atoms with Gasteiger partial charge in [-0.05, 0) is 30.0 Å². The summed E-state index contributed by atoms with van der Waals surface area (Å²) in [7, 11) is 1.45. The predicted molar refractivity (Wildman–Crippen MR) is 72.5 cm³/mol. The molecule has 90 valence electrons. The van der Waals surface area contributed by atoms with Crippen LogP contribution >= 0.6 is 11.3 Å². The first-order valence-corrected chi connectivity index (χ1v) is 6.29. The van der Waals surface area contributed by atoms with E-state index < -0.39 is 5.69 Å². The van der Waals surface area contributed by atoms with E-state index in [0.29, 0.717) is 10.6 Å². The molecule has 0 saturated heterocycles. The quantitative estimate of drug-likeness (QED) is 0.577. The fourth-order valence-corrected chi connectivity index (χ4v) is 2.97. The molecule has 4 nitrogen and oxygen atoms in total. The molecule has 0 aromatic heterocycles. The van der Waals surface area contributed by atoms with Crippen LogP contribution in [0.15, 0.2) is 33.9 Å². The number of hydrogen-bond acceptors (Lipinski definition) is 4. The second-order valence-electron chi connectivity index (χ2n) is 4.27. The molecular formula is C13H10N2O2S. The summed E-state index contributed by atoms with van der Waals surface area (Å²) in [5.41, 5.74) is 0.849. The summed E-state index contributed by atoms with van der Waals surface area (Å²) in [5, 5.41) is 1.50. The normalized spacial score (nSPS) is 11.2. The van der Waals surface area contributed by atoms with Crippen molar-refractivity contribution < 1.29 is 0 Å². The number of benzene rings is 1. The maximum Gasteiger partial charge on any atom is 0.351 e. The number of nitrogens with zero attached hydrogens (tertiary/aromatic N) is 2. The van der Waals surface area contributed by atoms with Crippen molar-refractivity contribution in [3.05, 3.63) is 50.7 Å². The van der Waals surface area contributed by atoms with Crippen LogP contribution in [-0.2, 0) is 7.05 Å². The first kappa shape index (κ1) is 11.1. The highest BCUT2D eigenvalue weighted by Gasteiger charge is 2.14. The highest BCUT2D eigenvalue weighted by molar-refractivity contribution is 7.21. The minimum absolute atomic E-state index is 0.288. The van der Waals surface area contributed by atoms with Gasteiger partial charge in [-0.25, -0.2) is 4.79 Å². The molecular weight excluding hydrogens is 248 g/mol. The average molecular weight is 258 g/mol.